The van der Waals surface area contributed by atoms with Crippen LogP contribution in [0.25, 0.3) is 0 Å². The Bertz CT molecular complexity index is 380. The fourth-order valence-electron chi connectivity index (χ4n) is 0.636. The minimum absolute atomic E-state index is 0.870. The maximum atomic E-state index is 11.2. The number of hydrogen-bond donors (Lipinski definition) is 2. The molecule has 6 nitrogen and oxygen atoms in total. The van der Waals surface area contributed by atoms with Gasteiger partial charge in [0.05, 0.1) is 0 Å². The Hall–Kier alpha value is -2.24. The minimum Gasteiger partial charge on any atom is -0.262 e. The molecule has 18 heavy (non-hydrogen) atoms. The van der Waals surface area contributed by atoms with Crippen LogP contribution in [-0.4, -0.2) is 24.2 Å². The van der Waals surface area contributed by atoms with Gasteiger partial charge in [-0.2, -0.15) is 10.2 Å². The largest absolute Gasteiger partial charge is 0.331 e. The van der Waals surface area contributed by atoms with Crippen LogP contribution in [0.3, 0.4) is 0 Å². The average molecular weight is 250 g/mol. The molecule has 0 aliphatic carbocycles. The second-order valence-electron chi connectivity index (χ2n) is 3.46. The van der Waals surface area contributed by atoms with Gasteiger partial charge in [-0.15, -0.1) is 0 Å². The molecule has 0 aromatic carbocycles. The third kappa shape index (κ3) is 7.10. The zero-order valence-corrected chi connectivity index (χ0v) is 11.0. The summed E-state index contributed by atoms with van der Waals surface area (Å²) in [6.45, 7) is 7.32. The van der Waals surface area contributed by atoms with Crippen molar-refractivity contribution in [3.05, 3.63) is 23.3 Å². The van der Waals surface area contributed by atoms with E-state index in [4.69, 9.17) is 0 Å². The molecule has 0 rings (SSSR count). The first kappa shape index (κ1) is 15.8. The van der Waals surface area contributed by atoms with Crippen LogP contribution in [0.15, 0.2) is 33.5 Å². The molecule has 0 aromatic rings. The van der Waals surface area contributed by atoms with Crippen molar-refractivity contribution in [3.8, 4) is 0 Å². The Kier molecular flexibility index (Phi) is 7.76. The number of carbonyl (C=O) groups excluding carboxylic acids is 2. The molecule has 0 atom stereocenters. The number of nitrogens with zero attached hydrogens (tertiary/aromatic N) is 2. The smallest absolute Gasteiger partial charge is 0.262 e. The quantitative estimate of drug-likeness (QED) is 0.445. The van der Waals surface area contributed by atoms with Crippen LogP contribution in [0.2, 0.25) is 0 Å². The molecule has 0 aliphatic rings. The lowest BCUT2D eigenvalue weighted by molar-refractivity contribution is -0.139. The highest BCUT2D eigenvalue weighted by Gasteiger charge is 2.10. The Labute approximate surface area is 107 Å². The maximum Gasteiger partial charge on any atom is 0.331 e. The number of hydrazone groups is 2. The molecular formula is C12H18N4O2. The van der Waals surface area contributed by atoms with Crippen molar-refractivity contribution in [2.75, 3.05) is 0 Å². The Balaban J connectivity index is 4.17. The summed E-state index contributed by atoms with van der Waals surface area (Å²) in [5.74, 6) is -1.74. The van der Waals surface area contributed by atoms with E-state index in [0.29, 0.717) is 0 Å². The van der Waals surface area contributed by atoms with E-state index in [2.05, 4.69) is 21.1 Å². The summed E-state index contributed by atoms with van der Waals surface area (Å²) in [5.41, 5.74) is 5.92. The summed E-state index contributed by atoms with van der Waals surface area (Å²) in [4.78, 5) is 22.4. The lowest BCUT2D eigenvalue weighted by Gasteiger charge is -1.97. The number of hydrogen-bond acceptors (Lipinski definition) is 4. The van der Waals surface area contributed by atoms with Gasteiger partial charge in [0.2, 0.25) is 0 Å². The van der Waals surface area contributed by atoms with Gasteiger partial charge in [0, 0.05) is 12.4 Å². The van der Waals surface area contributed by atoms with Crippen LogP contribution in [-0.2, 0) is 9.59 Å². The summed E-state index contributed by atoms with van der Waals surface area (Å²) >= 11 is 0. The highest BCUT2D eigenvalue weighted by molar-refractivity contribution is 6.35. The maximum absolute atomic E-state index is 11.2. The van der Waals surface area contributed by atoms with Crippen molar-refractivity contribution in [1.82, 2.24) is 10.9 Å². The Morgan fingerprint density at radius 3 is 1.44 bits per heavy atom. The van der Waals surface area contributed by atoms with Crippen LogP contribution >= 0.6 is 0 Å². The molecule has 98 valence electrons. The van der Waals surface area contributed by atoms with E-state index in [-0.39, 0.29) is 0 Å². The molecule has 0 heterocycles. The van der Waals surface area contributed by atoms with E-state index in [1.165, 1.54) is 12.4 Å². The van der Waals surface area contributed by atoms with Crippen LogP contribution in [0, 0.1) is 0 Å². The Morgan fingerprint density at radius 1 is 0.833 bits per heavy atom. The fourth-order valence-corrected chi connectivity index (χ4v) is 0.636. The van der Waals surface area contributed by atoms with Gasteiger partial charge in [-0.05, 0) is 38.8 Å². The van der Waals surface area contributed by atoms with Gasteiger partial charge in [-0.3, -0.25) is 9.59 Å². The first-order chi connectivity index (χ1) is 8.51. The first-order valence-electron chi connectivity index (χ1n) is 5.43. The molecule has 2 N–H and O–H groups in total. The standard InChI is InChI=1S/C12H18N4O2/c1-5-9(3)7-13-15-11(17)12(18)16-14-8-10(4)6-2/h5-8H,1-4H3,(H,15,17)(H,16,18)/b9-5+,10-6+,13-7+,14-8+. The lowest BCUT2D eigenvalue weighted by Crippen LogP contribution is -2.35. The molecule has 0 spiro atoms. The van der Waals surface area contributed by atoms with Gasteiger partial charge in [0.15, 0.2) is 0 Å². The lowest BCUT2D eigenvalue weighted by atomic mass is 10.3. The highest BCUT2D eigenvalue weighted by atomic mass is 16.2. The molecule has 0 bridgehead atoms. The van der Waals surface area contributed by atoms with Gasteiger partial charge in [-0.1, -0.05) is 12.2 Å². The van der Waals surface area contributed by atoms with Gasteiger partial charge in [0.1, 0.15) is 0 Å². The van der Waals surface area contributed by atoms with Crippen molar-refractivity contribution in [2.24, 2.45) is 10.2 Å². The zero-order valence-electron chi connectivity index (χ0n) is 11.0. The van der Waals surface area contributed by atoms with E-state index >= 15 is 0 Å². The van der Waals surface area contributed by atoms with E-state index in [1.54, 1.807) is 0 Å². The van der Waals surface area contributed by atoms with Gasteiger partial charge in [-0.25, -0.2) is 10.9 Å². The van der Waals surface area contributed by atoms with Crippen molar-refractivity contribution in [3.63, 3.8) is 0 Å². The first-order valence-corrected chi connectivity index (χ1v) is 5.43. The van der Waals surface area contributed by atoms with Crippen LogP contribution < -0.4 is 10.9 Å². The molecule has 0 saturated heterocycles. The highest BCUT2D eigenvalue weighted by Crippen LogP contribution is 1.85. The van der Waals surface area contributed by atoms with E-state index in [0.717, 1.165) is 11.1 Å². The van der Waals surface area contributed by atoms with E-state index in [1.807, 2.05) is 39.8 Å². The van der Waals surface area contributed by atoms with Crippen molar-refractivity contribution in [1.29, 1.82) is 0 Å². The SMILES string of the molecule is C/C=C(C)/C=N/NC(=O)C(=O)N/N=C/C(C)=C/C. The summed E-state index contributed by atoms with van der Waals surface area (Å²) in [5, 5.41) is 7.21. The summed E-state index contributed by atoms with van der Waals surface area (Å²) in [6.07, 6.45) is 6.52. The van der Waals surface area contributed by atoms with E-state index in [9.17, 15) is 9.59 Å². The summed E-state index contributed by atoms with van der Waals surface area (Å²) in [6, 6.07) is 0. The third-order valence-electron chi connectivity index (χ3n) is 1.99. The Morgan fingerprint density at radius 2 is 1.17 bits per heavy atom. The van der Waals surface area contributed by atoms with Crippen LogP contribution in [0.4, 0.5) is 0 Å². The van der Waals surface area contributed by atoms with Gasteiger partial charge < -0.3 is 0 Å². The fraction of sp³-hybridized carbons (Fsp3) is 0.333. The number of nitrogens with one attached hydrogen (secondary N) is 2. The van der Waals surface area contributed by atoms with Crippen molar-refractivity contribution < 1.29 is 9.59 Å². The van der Waals surface area contributed by atoms with Crippen LogP contribution in [0.1, 0.15) is 27.7 Å². The summed E-state index contributed by atoms with van der Waals surface area (Å²) < 4.78 is 0. The van der Waals surface area contributed by atoms with Crippen molar-refractivity contribution >= 4 is 24.2 Å². The summed E-state index contributed by atoms with van der Waals surface area (Å²) in [7, 11) is 0. The van der Waals surface area contributed by atoms with E-state index < -0.39 is 11.8 Å². The number of amides is 2. The monoisotopic (exact) mass is 250 g/mol. The predicted octanol–water partition coefficient (Wildman–Crippen LogP) is 1.12. The molecule has 0 saturated carbocycles. The molecule has 2 amide bonds. The van der Waals surface area contributed by atoms with Gasteiger partial charge in [0.25, 0.3) is 0 Å². The normalized spacial score (nSPS) is 13.1. The molecule has 0 aliphatic heterocycles. The molecule has 0 fully saturated rings. The number of allylic oxidation sites excluding steroid dienone is 4. The topological polar surface area (TPSA) is 82.9 Å². The van der Waals surface area contributed by atoms with Crippen LogP contribution in [0.5, 0.6) is 0 Å². The van der Waals surface area contributed by atoms with Crippen molar-refractivity contribution in [2.45, 2.75) is 27.7 Å². The average Bonchev–Trinajstić information content (AvgIpc) is 2.37. The molecule has 6 heteroatoms. The molecular weight excluding hydrogens is 232 g/mol. The number of rotatable bonds is 4. The van der Waals surface area contributed by atoms with Gasteiger partial charge >= 0.3 is 11.8 Å². The second kappa shape index (κ2) is 8.86. The molecule has 0 aromatic heterocycles. The zero-order chi connectivity index (χ0) is 14.0. The minimum atomic E-state index is -0.870. The third-order valence-corrected chi connectivity index (χ3v) is 1.99. The predicted molar refractivity (Wildman–Crippen MR) is 72.1 cm³/mol. The molecule has 0 unspecified atom stereocenters. The molecule has 0 radical (unpaired) electrons. The number of carbonyl (C=O) groups is 2. The second-order valence-corrected chi connectivity index (χ2v) is 3.46.